The summed E-state index contributed by atoms with van der Waals surface area (Å²) in [5, 5.41) is 0.803. The van der Waals surface area contributed by atoms with Gasteiger partial charge in [0.15, 0.2) is 0 Å². The van der Waals surface area contributed by atoms with Crippen molar-refractivity contribution in [3.05, 3.63) is 45.2 Å². The highest BCUT2D eigenvalue weighted by Crippen LogP contribution is 2.31. The first-order valence-electron chi connectivity index (χ1n) is 8.67. The Morgan fingerprint density at radius 3 is 2.69 bits per heavy atom. The second kappa shape index (κ2) is 9.06. The van der Waals surface area contributed by atoms with E-state index < -0.39 is 6.61 Å². The molecule has 6 nitrogen and oxygen atoms in total. The first kappa shape index (κ1) is 21.5. The minimum atomic E-state index is -3.02. The third-order valence-electron chi connectivity index (χ3n) is 4.27. The van der Waals surface area contributed by atoms with Crippen LogP contribution in [0.3, 0.4) is 0 Å². The number of aromatic nitrogens is 3. The van der Waals surface area contributed by atoms with Gasteiger partial charge in [0, 0.05) is 37.9 Å². The van der Waals surface area contributed by atoms with E-state index in [0.29, 0.717) is 5.56 Å². The van der Waals surface area contributed by atoms with Crippen LogP contribution in [0.4, 0.5) is 8.78 Å². The quantitative estimate of drug-likeness (QED) is 0.504. The van der Waals surface area contributed by atoms with Gasteiger partial charge in [-0.2, -0.15) is 8.78 Å². The number of fused-ring (bicyclic) bond motifs is 1. The predicted molar refractivity (Wildman–Crippen MR) is 106 cm³/mol. The maximum atomic E-state index is 12.7. The van der Waals surface area contributed by atoms with Gasteiger partial charge in [-0.3, -0.25) is 4.79 Å². The lowest BCUT2D eigenvalue weighted by molar-refractivity contribution is -0.117. The fourth-order valence-corrected chi connectivity index (χ4v) is 3.99. The molecule has 3 aromatic heterocycles. The molecular formula is C19H18ClF2N3O3S. The van der Waals surface area contributed by atoms with Gasteiger partial charge in [-0.05, 0) is 31.0 Å². The number of halogens is 3. The van der Waals surface area contributed by atoms with E-state index in [9.17, 15) is 13.6 Å². The lowest BCUT2D eigenvalue weighted by atomic mass is 9.98. The zero-order chi connectivity index (χ0) is 21.1. The van der Waals surface area contributed by atoms with E-state index in [0.717, 1.165) is 26.5 Å². The van der Waals surface area contributed by atoms with Crippen molar-refractivity contribution in [1.82, 2.24) is 15.0 Å². The van der Waals surface area contributed by atoms with Crippen molar-refractivity contribution in [1.29, 1.82) is 0 Å². The standard InChI is InChI=1S/C19H18ClF2N3O3S/c1-9(27-3)15-12(8-24-18-16(15)25-10(2)29-18)6-13(26)4-11-5-14(20)17(23-7-11)28-19(21)22/h5,7-9,19H,4,6H2,1-3H3. The van der Waals surface area contributed by atoms with E-state index in [-0.39, 0.29) is 35.6 Å². The highest BCUT2D eigenvalue weighted by molar-refractivity contribution is 7.18. The largest absolute Gasteiger partial charge is 0.415 e. The molecule has 0 amide bonds. The number of pyridine rings is 2. The van der Waals surface area contributed by atoms with Crippen molar-refractivity contribution in [3.8, 4) is 5.88 Å². The van der Waals surface area contributed by atoms with Gasteiger partial charge in [0.1, 0.15) is 21.2 Å². The van der Waals surface area contributed by atoms with Gasteiger partial charge >= 0.3 is 6.61 Å². The summed E-state index contributed by atoms with van der Waals surface area (Å²) in [6.45, 7) is 0.768. The van der Waals surface area contributed by atoms with E-state index in [1.54, 1.807) is 13.3 Å². The van der Waals surface area contributed by atoms with Crippen LogP contribution >= 0.6 is 22.9 Å². The second-order valence-electron chi connectivity index (χ2n) is 6.36. The molecule has 0 fully saturated rings. The van der Waals surface area contributed by atoms with Gasteiger partial charge < -0.3 is 9.47 Å². The lowest BCUT2D eigenvalue weighted by Gasteiger charge is -2.15. The minimum Gasteiger partial charge on any atom is -0.415 e. The molecule has 1 unspecified atom stereocenters. The molecular weight excluding hydrogens is 424 g/mol. The second-order valence-corrected chi connectivity index (χ2v) is 7.95. The van der Waals surface area contributed by atoms with Crippen molar-refractivity contribution < 1.29 is 23.0 Å². The number of alkyl halides is 2. The number of methoxy groups -OCH3 is 1. The molecule has 3 rings (SSSR count). The molecule has 0 saturated carbocycles. The summed E-state index contributed by atoms with van der Waals surface area (Å²) in [4.78, 5) is 26.2. The average molecular weight is 442 g/mol. The first-order chi connectivity index (χ1) is 13.8. The van der Waals surface area contributed by atoms with Crippen LogP contribution in [0.5, 0.6) is 5.88 Å². The van der Waals surface area contributed by atoms with Crippen molar-refractivity contribution >= 4 is 39.1 Å². The molecule has 3 heterocycles. The molecule has 0 bridgehead atoms. The maximum Gasteiger partial charge on any atom is 0.388 e. The Kier molecular flexibility index (Phi) is 6.71. The van der Waals surface area contributed by atoms with Crippen LogP contribution < -0.4 is 4.74 Å². The Morgan fingerprint density at radius 2 is 2.03 bits per heavy atom. The summed E-state index contributed by atoms with van der Waals surface area (Å²) in [7, 11) is 1.60. The van der Waals surface area contributed by atoms with E-state index in [2.05, 4.69) is 19.7 Å². The molecule has 154 valence electrons. The molecule has 0 N–H and O–H groups in total. The first-order valence-corrected chi connectivity index (χ1v) is 9.86. The Morgan fingerprint density at radius 1 is 1.28 bits per heavy atom. The SMILES string of the molecule is COC(C)c1c(CC(=O)Cc2cnc(OC(F)F)c(Cl)c2)cnc2sc(C)nc12. The Bertz CT molecular complexity index is 1040. The molecule has 1 atom stereocenters. The summed E-state index contributed by atoms with van der Waals surface area (Å²) in [5.41, 5.74) is 2.82. The average Bonchev–Trinajstić information content (AvgIpc) is 3.03. The zero-order valence-corrected chi connectivity index (χ0v) is 17.5. The number of hydrogen-bond donors (Lipinski definition) is 0. The van der Waals surface area contributed by atoms with Gasteiger partial charge in [-0.1, -0.05) is 22.9 Å². The van der Waals surface area contributed by atoms with Crippen molar-refractivity contribution in [2.75, 3.05) is 7.11 Å². The smallest absolute Gasteiger partial charge is 0.388 e. The van der Waals surface area contributed by atoms with Gasteiger partial charge in [-0.25, -0.2) is 15.0 Å². The van der Waals surface area contributed by atoms with Gasteiger partial charge in [0.25, 0.3) is 0 Å². The van der Waals surface area contributed by atoms with Crippen molar-refractivity contribution in [3.63, 3.8) is 0 Å². The van der Waals surface area contributed by atoms with Gasteiger partial charge in [0.2, 0.25) is 5.88 Å². The lowest BCUT2D eigenvalue weighted by Crippen LogP contribution is -2.12. The number of thiazole rings is 1. The van der Waals surface area contributed by atoms with Crippen LogP contribution in [0, 0.1) is 6.92 Å². The highest BCUT2D eigenvalue weighted by atomic mass is 35.5. The van der Waals surface area contributed by atoms with Crippen LogP contribution in [0.1, 0.15) is 34.7 Å². The summed E-state index contributed by atoms with van der Waals surface area (Å²) in [6.07, 6.45) is 2.87. The minimum absolute atomic E-state index is 0.0383. The summed E-state index contributed by atoms with van der Waals surface area (Å²) in [6, 6.07) is 1.40. The van der Waals surface area contributed by atoms with Crippen LogP contribution in [-0.2, 0) is 22.4 Å². The number of hydrogen-bond acceptors (Lipinski definition) is 7. The van der Waals surface area contributed by atoms with Crippen LogP contribution in [0.15, 0.2) is 18.5 Å². The fourth-order valence-electron chi connectivity index (χ4n) is 2.99. The topological polar surface area (TPSA) is 74.2 Å². The van der Waals surface area contributed by atoms with E-state index in [1.165, 1.54) is 23.6 Å². The Labute approximate surface area is 174 Å². The summed E-state index contributed by atoms with van der Waals surface area (Å²) >= 11 is 7.39. The number of carbonyl (C=O) groups excluding carboxylic acids is 1. The maximum absolute atomic E-state index is 12.7. The number of carbonyl (C=O) groups is 1. The van der Waals surface area contributed by atoms with Crippen molar-refractivity contribution in [2.45, 2.75) is 39.4 Å². The van der Waals surface area contributed by atoms with Gasteiger partial charge in [-0.15, -0.1) is 0 Å². The summed E-state index contributed by atoms with van der Waals surface area (Å²) < 4.78 is 34.3. The normalized spacial score (nSPS) is 12.5. The van der Waals surface area contributed by atoms with Gasteiger partial charge in [0.05, 0.1) is 11.1 Å². The number of ketones is 1. The molecule has 0 aliphatic heterocycles. The Balaban J connectivity index is 1.82. The van der Waals surface area contributed by atoms with Crippen LogP contribution in [0.25, 0.3) is 10.3 Å². The Hall–Kier alpha value is -2.23. The number of aryl methyl sites for hydroxylation is 1. The molecule has 10 heteroatoms. The molecule has 0 saturated heterocycles. The third-order valence-corrected chi connectivity index (χ3v) is 5.42. The molecule has 0 aliphatic carbocycles. The van der Waals surface area contributed by atoms with E-state index >= 15 is 0 Å². The van der Waals surface area contributed by atoms with E-state index in [4.69, 9.17) is 16.3 Å². The molecule has 0 radical (unpaired) electrons. The molecule has 0 aromatic carbocycles. The third kappa shape index (κ3) is 5.04. The highest BCUT2D eigenvalue weighted by Gasteiger charge is 2.20. The number of rotatable bonds is 8. The number of ether oxygens (including phenoxy) is 2. The van der Waals surface area contributed by atoms with Crippen molar-refractivity contribution in [2.24, 2.45) is 0 Å². The van der Waals surface area contributed by atoms with E-state index in [1.807, 2.05) is 13.8 Å². The number of nitrogens with zero attached hydrogens (tertiary/aromatic N) is 3. The fraction of sp³-hybridized carbons (Fsp3) is 0.368. The molecule has 0 aliphatic rings. The predicted octanol–water partition coefficient (Wildman–Crippen LogP) is 4.71. The molecule has 0 spiro atoms. The monoisotopic (exact) mass is 441 g/mol. The van der Waals surface area contributed by atoms with Crippen LogP contribution in [0.2, 0.25) is 5.02 Å². The summed E-state index contributed by atoms with van der Waals surface area (Å²) in [5.74, 6) is -0.481. The molecule has 29 heavy (non-hydrogen) atoms. The zero-order valence-electron chi connectivity index (χ0n) is 15.9. The van der Waals surface area contributed by atoms with Crippen LogP contribution in [-0.4, -0.2) is 34.5 Å². The molecule has 3 aromatic rings. The number of Topliss-reactive ketones (excluding diaryl/α,β-unsaturated/α-hetero) is 1.